The Morgan fingerprint density at radius 2 is 2.27 bits per heavy atom. The van der Waals surface area contributed by atoms with Gasteiger partial charge in [-0.25, -0.2) is 0 Å². The van der Waals surface area contributed by atoms with Crippen LogP contribution in [0.3, 0.4) is 0 Å². The number of nitrogens with one attached hydrogen (secondary N) is 2. The second-order valence-electron chi connectivity index (χ2n) is 3.55. The summed E-state index contributed by atoms with van der Waals surface area (Å²) in [6, 6.07) is 1.67. The van der Waals surface area contributed by atoms with Crippen molar-refractivity contribution in [1.29, 1.82) is 0 Å². The summed E-state index contributed by atoms with van der Waals surface area (Å²) < 4.78 is 0. The quantitative estimate of drug-likeness (QED) is 0.808. The van der Waals surface area contributed by atoms with E-state index in [1.54, 1.807) is 12.3 Å². The van der Waals surface area contributed by atoms with Crippen molar-refractivity contribution in [2.75, 3.05) is 5.33 Å². The van der Waals surface area contributed by atoms with Crippen molar-refractivity contribution >= 4 is 21.8 Å². The van der Waals surface area contributed by atoms with Crippen LogP contribution in [0.15, 0.2) is 12.3 Å². The first-order valence-corrected chi connectivity index (χ1v) is 6.17. The first-order valence-electron chi connectivity index (χ1n) is 5.05. The summed E-state index contributed by atoms with van der Waals surface area (Å²) in [4.78, 5) is 11.8. The van der Waals surface area contributed by atoms with Crippen LogP contribution in [-0.2, 0) is 0 Å². The van der Waals surface area contributed by atoms with Crippen molar-refractivity contribution in [2.45, 2.75) is 32.2 Å². The summed E-state index contributed by atoms with van der Waals surface area (Å²) in [6.07, 6.45) is 3.37. The minimum Gasteiger partial charge on any atom is -0.344 e. The summed E-state index contributed by atoms with van der Waals surface area (Å²) in [6.45, 7) is 4.13. The van der Waals surface area contributed by atoms with E-state index >= 15 is 0 Å². The lowest BCUT2D eigenvalue weighted by Crippen LogP contribution is -2.49. The Hall–Kier alpha value is -0.840. The number of aromatic nitrogens is 2. The van der Waals surface area contributed by atoms with Gasteiger partial charge in [0.1, 0.15) is 5.69 Å². The molecule has 0 bridgehead atoms. The zero-order valence-corrected chi connectivity index (χ0v) is 10.6. The van der Waals surface area contributed by atoms with Crippen molar-refractivity contribution in [3.63, 3.8) is 0 Å². The highest BCUT2D eigenvalue weighted by Gasteiger charge is 2.27. The van der Waals surface area contributed by atoms with E-state index in [4.69, 9.17) is 0 Å². The Balaban J connectivity index is 2.71. The summed E-state index contributed by atoms with van der Waals surface area (Å²) in [5.41, 5.74) is 0.338. The fourth-order valence-corrected chi connectivity index (χ4v) is 2.27. The third-order valence-electron chi connectivity index (χ3n) is 2.73. The van der Waals surface area contributed by atoms with E-state index in [0.29, 0.717) is 5.69 Å². The summed E-state index contributed by atoms with van der Waals surface area (Å²) in [5.74, 6) is -0.101. The summed E-state index contributed by atoms with van der Waals surface area (Å²) >= 11 is 3.44. The molecule has 1 rings (SSSR count). The van der Waals surface area contributed by atoms with Crippen LogP contribution in [0.4, 0.5) is 0 Å². The minimum atomic E-state index is -0.164. The molecule has 1 aromatic heterocycles. The minimum absolute atomic E-state index is 0.101. The van der Waals surface area contributed by atoms with Gasteiger partial charge in [-0.1, -0.05) is 29.8 Å². The molecule has 1 amide bonds. The number of aromatic amines is 1. The van der Waals surface area contributed by atoms with E-state index in [1.807, 2.05) is 0 Å². The summed E-state index contributed by atoms with van der Waals surface area (Å²) in [7, 11) is 0. The number of halogens is 1. The van der Waals surface area contributed by atoms with Gasteiger partial charge in [0.25, 0.3) is 5.91 Å². The van der Waals surface area contributed by atoms with Crippen LogP contribution in [0, 0.1) is 0 Å². The zero-order valence-electron chi connectivity index (χ0n) is 9.01. The number of alkyl halides is 1. The van der Waals surface area contributed by atoms with Crippen LogP contribution in [-0.4, -0.2) is 27.0 Å². The first-order chi connectivity index (χ1) is 7.17. The van der Waals surface area contributed by atoms with E-state index in [1.165, 1.54) is 0 Å². The molecule has 0 fully saturated rings. The van der Waals surface area contributed by atoms with Gasteiger partial charge in [0.05, 0.1) is 0 Å². The molecule has 0 aromatic carbocycles. The van der Waals surface area contributed by atoms with Crippen LogP contribution >= 0.6 is 15.9 Å². The van der Waals surface area contributed by atoms with Gasteiger partial charge in [-0.15, -0.1) is 0 Å². The second kappa shape index (κ2) is 5.30. The van der Waals surface area contributed by atoms with E-state index in [2.05, 4.69) is 45.3 Å². The molecule has 1 aromatic rings. The highest BCUT2D eigenvalue weighted by atomic mass is 79.9. The zero-order chi connectivity index (χ0) is 11.3. The van der Waals surface area contributed by atoms with E-state index in [-0.39, 0.29) is 11.4 Å². The molecule has 4 nitrogen and oxygen atoms in total. The second-order valence-corrected chi connectivity index (χ2v) is 4.11. The highest BCUT2D eigenvalue weighted by Crippen LogP contribution is 2.18. The Labute approximate surface area is 98.0 Å². The van der Waals surface area contributed by atoms with Gasteiger partial charge in [0.2, 0.25) is 0 Å². The fourth-order valence-electron chi connectivity index (χ4n) is 1.34. The molecule has 0 aliphatic rings. The van der Waals surface area contributed by atoms with Gasteiger partial charge in [-0.3, -0.25) is 9.89 Å². The van der Waals surface area contributed by atoms with Crippen LogP contribution in [0.25, 0.3) is 0 Å². The van der Waals surface area contributed by atoms with Crippen molar-refractivity contribution in [3.05, 3.63) is 18.0 Å². The lowest BCUT2D eigenvalue weighted by molar-refractivity contribution is 0.0898. The third-order valence-corrected chi connectivity index (χ3v) is 3.81. The van der Waals surface area contributed by atoms with Crippen molar-refractivity contribution in [1.82, 2.24) is 15.5 Å². The number of carbonyl (C=O) groups excluding carboxylic acids is 1. The highest BCUT2D eigenvalue weighted by molar-refractivity contribution is 9.09. The normalized spacial score (nSPS) is 11.4. The van der Waals surface area contributed by atoms with Crippen molar-refractivity contribution in [3.8, 4) is 0 Å². The molecule has 0 radical (unpaired) electrons. The van der Waals surface area contributed by atoms with Crippen molar-refractivity contribution in [2.24, 2.45) is 0 Å². The van der Waals surface area contributed by atoms with Gasteiger partial charge in [0, 0.05) is 17.1 Å². The largest absolute Gasteiger partial charge is 0.344 e. The molecule has 1 heterocycles. The molecule has 0 atom stereocenters. The van der Waals surface area contributed by atoms with Crippen molar-refractivity contribution < 1.29 is 4.79 Å². The molecule has 2 N–H and O–H groups in total. The average molecular weight is 274 g/mol. The number of hydrogen-bond donors (Lipinski definition) is 2. The Kier molecular flexibility index (Phi) is 4.32. The molecule has 0 saturated carbocycles. The van der Waals surface area contributed by atoms with Crippen LogP contribution in [0.5, 0.6) is 0 Å². The maximum absolute atomic E-state index is 11.8. The fraction of sp³-hybridized carbons (Fsp3) is 0.600. The Bertz CT molecular complexity index is 298. The van der Waals surface area contributed by atoms with E-state index < -0.39 is 0 Å². The summed E-state index contributed by atoms with van der Waals surface area (Å²) in [5, 5.41) is 10.2. The standard InChI is InChI=1S/C10H16BrN3O/c1-3-10(4-2,7-11)13-9(15)8-5-6-12-14-8/h5-6H,3-4,7H2,1-2H3,(H,12,14)(H,13,15). The molecule has 0 spiro atoms. The van der Waals surface area contributed by atoms with Gasteiger partial charge in [0.15, 0.2) is 0 Å². The monoisotopic (exact) mass is 273 g/mol. The third kappa shape index (κ3) is 2.81. The SMILES string of the molecule is CCC(CC)(CBr)NC(=O)c1ccn[nH]1. The number of H-pyrrole nitrogens is 1. The molecule has 84 valence electrons. The molecule has 0 saturated heterocycles. The molecule has 0 aliphatic carbocycles. The Morgan fingerprint density at radius 3 is 2.67 bits per heavy atom. The number of rotatable bonds is 5. The van der Waals surface area contributed by atoms with Crippen LogP contribution in [0.1, 0.15) is 37.2 Å². The molecule has 0 aliphatic heterocycles. The van der Waals surface area contributed by atoms with Crippen LogP contribution in [0.2, 0.25) is 0 Å². The maximum Gasteiger partial charge on any atom is 0.269 e. The average Bonchev–Trinajstić information content (AvgIpc) is 2.79. The van der Waals surface area contributed by atoms with Gasteiger partial charge in [-0.2, -0.15) is 5.10 Å². The maximum atomic E-state index is 11.8. The van der Waals surface area contributed by atoms with Crippen LogP contribution < -0.4 is 5.32 Å². The molecular weight excluding hydrogens is 258 g/mol. The van der Waals surface area contributed by atoms with E-state index in [0.717, 1.165) is 18.2 Å². The molecule has 0 unspecified atom stereocenters. The number of nitrogens with zero attached hydrogens (tertiary/aromatic N) is 1. The predicted octanol–water partition coefficient (Wildman–Crippen LogP) is 2.09. The van der Waals surface area contributed by atoms with Gasteiger partial charge in [-0.05, 0) is 18.9 Å². The number of amides is 1. The van der Waals surface area contributed by atoms with Gasteiger partial charge < -0.3 is 5.32 Å². The van der Waals surface area contributed by atoms with Gasteiger partial charge >= 0.3 is 0 Å². The van der Waals surface area contributed by atoms with E-state index in [9.17, 15) is 4.79 Å². The predicted molar refractivity (Wildman–Crippen MR) is 63.2 cm³/mol. The smallest absolute Gasteiger partial charge is 0.269 e. The first kappa shape index (κ1) is 12.2. The lowest BCUT2D eigenvalue weighted by Gasteiger charge is -2.30. The number of carbonyl (C=O) groups is 1. The topological polar surface area (TPSA) is 57.8 Å². The molecule has 15 heavy (non-hydrogen) atoms. The molecular formula is C10H16BrN3O. The lowest BCUT2D eigenvalue weighted by atomic mass is 9.95. The number of hydrogen-bond acceptors (Lipinski definition) is 2. The Morgan fingerprint density at radius 1 is 1.60 bits per heavy atom. The molecule has 5 heteroatoms.